The summed E-state index contributed by atoms with van der Waals surface area (Å²) < 4.78 is 7.33. The summed E-state index contributed by atoms with van der Waals surface area (Å²) in [4.78, 5) is 16.4. The molecule has 0 spiro atoms. The first kappa shape index (κ1) is 15.2. The molecule has 2 aromatic carbocycles. The van der Waals surface area contributed by atoms with Crippen molar-refractivity contribution < 1.29 is 4.42 Å². The van der Waals surface area contributed by atoms with Crippen LogP contribution in [0.4, 0.5) is 0 Å². The highest BCUT2D eigenvalue weighted by atomic mass is 32.2. The van der Waals surface area contributed by atoms with Gasteiger partial charge in [-0.2, -0.15) is 0 Å². The average Bonchev–Trinajstić information content (AvgIpc) is 3.18. The van der Waals surface area contributed by atoms with Gasteiger partial charge in [-0.1, -0.05) is 36.0 Å². The topological polar surface area (TPSA) is 76.2 Å². The van der Waals surface area contributed by atoms with Crippen molar-refractivity contribution in [1.29, 1.82) is 0 Å². The predicted octanol–water partition coefficient (Wildman–Crippen LogP) is 3.92. The van der Waals surface area contributed by atoms with E-state index in [0.29, 0.717) is 17.1 Å². The van der Waals surface area contributed by atoms with Crippen molar-refractivity contribution in [3.05, 3.63) is 70.1 Å². The van der Waals surface area contributed by atoms with E-state index in [1.807, 2.05) is 53.8 Å². The first-order valence-electron chi connectivity index (χ1n) is 8.17. The second kappa shape index (κ2) is 5.74. The summed E-state index contributed by atoms with van der Waals surface area (Å²) in [7, 11) is 0. The molecule has 0 aliphatic heterocycles. The van der Waals surface area contributed by atoms with Gasteiger partial charge in [0, 0.05) is 17.2 Å². The number of aromatic nitrogens is 4. The Morgan fingerprint density at radius 2 is 2.08 bits per heavy atom. The minimum absolute atomic E-state index is 0.334. The van der Waals surface area contributed by atoms with Crippen LogP contribution in [0.2, 0.25) is 0 Å². The number of imidazole rings is 1. The summed E-state index contributed by atoms with van der Waals surface area (Å²) in [5, 5.41) is 9.10. The molecule has 3 heterocycles. The van der Waals surface area contributed by atoms with E-state index in [-0.39, 0.29) is 5.63 Å². The first-order chi connectivity index (χ1) is 12.7. The third-order valence-electron chi connectivity index (χ3n) is 4.35. The van der Waals surface area contributed by atoms with E-state index in [1.165, 1.54) is 0 Å². The molecule has 0 bridgehead atoms. The Morgan fingerprint density at radius 1 is 1.19 bits per heavy atom. The van der Waals surface area contributed by atoms with Crippen LogP contribution in [0.3, 0.4) is 0 Å². The Labute approximate surface area is 151 Å². The van der Waals surface area contributed by atoms with Crippen molar-refractivity contribution in [3.63, 3.8) is 0 Å². The fourth-order valence-electron chi connectivity index (χ4n) is 3.14. The predicted molar refractivity (Wildman–Crippen MR) is 102 cm³/mol. The van der Waals surface area contributed by atoms with Gasteiger partial charge in [0.25, 0.3) is 0 Å². The van der Waals surface area contributed by atoms with Crippen LogP contribution >= 0.6 is 11.8 Å². The number of aromatic amines is 1. The Kier molecular flexibility index (Phi) is 3.36. The average molecular weight is 362 g/mol. The molecule has 26 heavy (non-hydrogen) atoms. The highest BCUT2D eigenvalue weighted by molar-refractivity contribution is 7.98. The van der Waals surface area contributed by atoms with Gasteiger partial charge in [0.05, 0.1) is 11.0 Å². The Morgan fingerprint density at radius 3 is 3.00 bits per heavy atom. The van der Waals surface area contributed by atoms with Crippen LogP contribution in [0.25, 0.3) is 27.8 Å². The number of H-pyrrole nitrogens is 1. The van der Waals surface area contributed by atoms with Crippen molar-refractivity contribution >= 4 is 39.5 Å². The molecular weight excluding hydrogens is 348 g/mol. The molecule has 0 amide bonds. The third kappa shape index (κ3) is 2.40. The van der Waals surface area contributed by atoms with Gasteiger partial charge in [-0.15, -0.1) is 5.10 Å². The summed E-state index contributed by atoms with van der Waals surface area (Å²) in [6, 6.07) is 15.4. The SMILES string of the molecule is Cc1ccc2c(CSc3n[nH]c4nc5ccccc5n34)cc(=O)oc2c1. The lowest BCUT2D eigenvalue weighted by molar-refractivity contribution is 0.559. The summed E-state index contributed by atoms with van der Waals surface area (Å²) in [5.74, 6) is 1.32. The number of rotatable bonds is 3. The van der Waals surface area contributed by atoms with Crippen molar-refractivity contribution in [3.8, 4) is 0 Å². The van der Waals surface area contributed by atoms with Gasteiger partial charge in [0.15, 0.2) is 5.16 Å². The van der Waals surface area contributed by atoms with Crippen LogP contribution in [0.1, 0.15) is 11.1 Å². The lowest BCUT2D eigenvalue weighted by atomic mass is 10.1. The number of nitrogens with one attached hydrogen (secondary N) is 1. The molecule has 0 unspecified atom stereocenters. The zero-order chi connectivity index (χ0) is 17.7. The number of benzene rings is 2. The van der Waals surface area contributed by atoms with Gasteiger partial charge in [-0.05, 0) is 36.2 Å². The van der Waals surface area contributed by atoms with E-state index in [1.54, 1.807) is 17.8 Å². The summed E-state index contributed by atoms with van der Waals surface area (Å²) in [5.41, 5.74) is 4.20. The molecule has 0 aliphatic rings. The Balaban J connectivity index is 1.57. The van der Waals surface area contributed by atoms with Gasteiger partial charge in [-0.3, -0.25) is 4.40 Å². The number of aryl methyl sites for hydroxylation is 1. The molecular formula is C19H14N4O2S. The van der Waals surface area contributed by atoms with Crippen LogP contribution in [-0.2, 0) is 5.75 Å². The summed E-state index contributed by atoms with van der Waals surface area (Å²) >= 11 is 1.56. The fourth-order valence-corrected chi connectivity index (χ4v) is 4.09. The molecule has 5 rings (SSSR count). The molecule has 1 N–H and O–H groups in total. The molecule has 0 aliphatic carbocycles. The zero-order valence-electron chi connectivity index (χ0n) is 13.9. The lowest BCUT2D eigenvalue weighted by Gasteiger charge is -2.05. The second-order valence-electron chi connectivity index (χ2n) is 6.14. The normalized spacial score (nSPS) is 11.7. The smallest absolute Gasteiger partial charge is 0.336 e. The molecule has 128 valence electrons. The van der Waals surface area contributed by atoms with Crippen molar-refractivity contribution in [2.75, 3.05) is 0 Å². The number of fused-ring (bicyclic) bond motifs is 4. The number of hydrogen-bond donors (Lipinski definition) is 1. The van der Waals surface area contributed by atoms with Crippen LogP contribution in [-0.4, -0.2) is 19.6 Å². The second-order valence-corrected chi connectivity index (χ2v) is 7.09. The molecule has 0 radical (unpaired) electrons. The molecule has 0 saturated carbocycles. The largest absolute Gasteiger partial charge is 0.423 e. The monoisotopic (exact) mass is 362 g/mol. The maximum absolute atomic E-state index is 11.9. The first-order valence-corrected chi connectivity index (χ1v) is 9.15. The van der Waals surface area contributed by atoms with Gasteiger partial charge in [0.1, 0.15) is 5.58 Å². The minimum Gasteiger partial charge on any atom is -0.423 e. The summed E-state index contributed by atoms with van der Waals surface area (Å²) in [6.07, 6.45) is 0. The molecule has 0 fully saturated rings. The Hall–Kier alpha value is -3.06. The van der Waals surface area contributed by atoms with Crippen LogP contribution < -0.4 is 5.63 Å². The van der Waals surface area contributed by atoms with Crippen LogP contribution in [0.15, 0.2) is 62.9 Å². The maximum Gasteiger partial charge on any atom is 0.336 e. The molecule has 0 saturated heterocycles. The summed E-state index contributed by atoms with van der Waals surface area (Å²) in [6.45, 7) is 1.98. The van der Waals surface area contributed by atoms with Crippen molar-refractivity contribution in [2.24, 2.45) is 0 Å². The lowest BCUT2D eigenvalue weighted by Crippen LogP contribution is -2.00. The van der Waals surface area contributed by atoms with Crippen molar-refractivity contribution in [1.82, 2.24) is 19.6 Å². The molecule has 7 heteroatoms. The number of nitrogens with zero attached hydrogens (tertiary/aromatic N) is 3. The van der Waals surface area contributed by atoms with E-state index < -0.39 is 0 Å². The minimum atomic E-state index is -0.334. The van der Waals surface area contributed by atoms with Crippen molar-refractivity contribution in [2.45, 2.75) is 17.8 Å². The quantitative estimate of drug-likeness (QED) is 0.389. The standard InChI is InChI=1S/C19H14N4O2S/c1-11-6-7-13-12(9-17(24)25-16(13)8-11)10-26-19-22-21-18-20-14-4-2-3-5-15(14)23(18)19/h2-9H,10H2,1H3,(H,20,21). The van der Waals surface area contributed by atoms with Gasteiger partial charge in [-0.25, -0.2) is 14.9 Å². The zero-order valence-corrected chi connectivity index (χ0v) is 14.7. The van der Waals surface area contributed by atoms with E-state index in [4.69, 9.17) is 4.42 Å². The molecule has 0 atom stereocenters. The molecule has 5 aromatic rings. The number of para-hydroxylation sites is 2. The molecule has 3 aromatic heterocycles. The number of thioether (sulfide) groups is 1. The van der Waals surface area contributed by atoms with Gasteiger partial charge in [0.2, 0.25) is 5.78 Å². The van der Waals surface area contributed by atoms with E-state index in [9.17, 15) is 4.79 Å². The highest BCUT2D eigenvalue weighted by Crippen LogP contribution is 2.28. The van der Waals surface area contributed by atoms with E-state index in [2.05, 4.69) is 15.2 Å². The van der Waals surface area contributed by atoms with E-state index >= 15 is 0 Å². The highest BCUT2D eigenvalue weighted by Gasteiger charge is 2.13. The van der Waals surface area contributed by atoms with Gasteiger partial charge < -0.3 is 4.42 Å². The Bertz CT molecular complexity index is 1330. The van der Waals surface area contributed by atoms with Crippen LogP contribution in [0.5, 0.6) is 0 Å². The van der Waals surface area contributed by atoms with Gasteiger partial charge >= 0.3 is 5.63 Å². The maximum atomic E-state index is 11.9. The molecule has 6 nitrogen and oxygen atoms in total. The fraction of sp³-hybridized carbons (Fsp3) is 0.105. The number of hydrogen-bond acceptors (Lipinski definition) is 5. The third-order valence-corrected chi connectivity index (χ3v) is 5.33. The van der Waals surface area contributed by atoms with E-state index in [0.717, 1.165) is 32.7 Å². The van der Waals surface area contributed by atoms with Crippen LogP contribution in [0, 0.1) is 6.92 Å².